The van der Waals surface area contributed by atoms with Crippen molar-refractivity contribution in [3.63, 3.8) is 0 Å². The van der Waals surface area contributed by atoms with Crippen LogP contribution in [0.3, 0.4) is 0 Å². The van der Waals surface area contributed by atoms with Crippen LogP contribution in [0.2, 0.25) is 0 Å². The average molecular weight is 331 g/mol. The van der Waals surface area contributed by atoms with E-state index in [1.165, 1.54) is 22.0 Å². The second-order valence-electron chi connectivity index (χ2n) is 4.16. The first-order valence-corrected chi connectivity index (χ1v) is 7.05. The van der Waals surface area contributed by atoms with Crippen molar-refractivity contribution in [2.45, 2.75) is 32.2 Å². The standard InChI is InChI=1S/C13H18INO/c1-2-8-15-12-7-4-9-16-13-10(12)5-3-6-11(13)14/h3,5-6,12,15H,2,4,7-9H2,1H3. The van der Waals surface area contributed by atoms with Crippen molar-refractivity contribution in [3.8, 4) is 5.75 Å². The highest BCUT2D eigenvalue weighted by Crippen LogP contribution is 2.34. The Labute approximate surface area is 111 Å². The van der Waals surface area contributed by atoms with Gasteiger partial charge in [0.25, 0.3) is 0 Å². The lowest BCUT2D eigenvalue weighted by Gasteiger charge is -2.18. The summed E-state index contributed by atoms with van der Waals surface area (Å²) < 4.78 is 7.06. The van der Waals surface area contributed by atoms with Crippen LogP contribution in [0.25, 0.3) is 0 Å². The van der Waals surface area contributed by atoms with Crippen LogP contribution < -0.4 is 10.1 Å². The fourth-order valence-electron chi connectivity index (χ4n) is 2.10. The molecule has 1 atom stereocenters. The van der Waals surface area contributed by atoms with Gasteiger partial charge in [0.05, 0.1) is 10.2 Å². The maximum Gasteiger partial charge on any atom is 0.137 e. The maximum absolute atomic E-state index is 5.84. The molecule has 0 amide bonds. The monoisotopic (exact) mass is 331 g/mol. The molecule has 1 aromatic rings. The van der Waals surface area contributed by atoms with Crippen LogP contribution in [0.15, 0.2) is 18.2 Å². The summed E-state index contributed by atoms with van der Waals surface area (Å²) in [4.78, 5) is 0. The Kier molecular flexibility index (Phi) is 4.46. The van der Waals surface area contributed by atoms with E-state index in [0.717, 1.165) is 25.3 Å². The molecule has 1 N–H and O–H groups in total. The summed E-state index contributed by atoms with van der Waals surface area (Å²) in [5, 5.41) is 3.61. The van der Waals surface area contributed by atoms with Gasteiger partial charge in [0.1, 0.15) is 5.75 Å². The SMILES string of the molecule is CCCNC1CCCOc2c(I)cccc21. The molecular weight excluding hydrogens is 313 g/mol. The fourth-order valence-corrected chi connectivity index (χ4v) is 2.77. The van der Waals surface area contributed by atoms with Crippen molar-refractivity contribution < 1.29 is 4.74 Å². The maximum atomic E-state index is 5.84. The van der Waals surface area contributed by atoms with Crippen LogP contribution in [0.5, 0.6) is 5.75 Å². The lowest BCUT2D eigenvalue weighted by Crippen LogP contribution is -2.21. The van der Waals surface area contributed by atoms with Crippen LogP contribution in [0.1, 0.15) is 37.8 Å². The fraction of sp³-hybridized carbons (Fsp3) is 0.538. The first-order chi connectivity index (χ1) is 7.83. The van der Waals surface area contributed by atoms with Gasteiger partial charge in [-0.15, -0.1) is 0 Å². The summed E-state index contributed by atoms with van der Waals surface area (Å²) in [7, 11) is 0. The van der Waals surface area contributed by atoms with E-state index in [0.29, 0.717) is 6.04 Å². The summed E-state index contributed by atoms with van der Waals surface area (Å²) in [5.41, 5.74) is 1.33. The quantitative estimate of drug-likeness (QED) is 0.856. The number of rotatable bonds is 3. The molecule has 0 aromatic heterocycles. The number of hydrogen-bond donors (Lipinski definition) is 1. The van der Waals surface area contributed by atoms with Crippen molar-refractivity contribution in [2.75, 3.05) is 13.2 Å². The van der Waals surface area contributed by atoms with E-state index in [1.54, 1.807) is 0 Å². The molecule has 1 aliphatic rings. The van der Waals surface area contributed by atoms with E-state index in [1.807, 2.05) is 0 Å². The summed E-state index contributed by atoms with van der Waals surface area (Å²) in [6.45, 7) is 4.13. The Balaban J connectivity index is 2.26. The van der Waals surface area contributed by atoms with Crippen molar-refractivity contribution in [1.82, 2.24) is 5.32 Å². The Morgan fingerprint density at radius 2 is 2.38 bits per heavy atom. The Hall–Kier alpha value is -0.290. The predicted molar refractivity (Wildman–Crippen MR) is 74.9 cm³/mol. The molecule has 0 radical (unpaired) electrons. The van der Waals surface area contributed by atoms with Crippen LogP contribution >= 0.6 is 22.6 Å². The van der Waals surface area contributed by atoms with Crippen LogP contribution in [-0.2, 0) is 0 Å². The van der Waals surface area contributed by atoms with Gasteiger partial charge in [0, 0.05) is 11.6 Å². The van der Waals surface area contributed by atoms with E-state index in [9.17, 15) is 0 Å². The van der Waals surface area contributed by atoms with Gasteiger partial charge < -0.3 is 10.1 Å². The second-order valence-corrected chi connectivity index (χ2v) is 5.32. The summed E-state index contributed by atoms with van der Waals surface area (Å²) in [5.74, 6) is 1.09. The number of hydrogen-bond acceptors (Lipinski definition) is 2. The Morgan fingerprint density at radius 3 is 3.19 bits per heavy atom. The molecule has 1 heterocycles. The number of ether oxygens (including phenoxy) is 1. The van der Waals surface area contributed by atoms with Gasteiger partial charge in [-0.25, -0.2) is 0 Å². The number of halogens is 1. The second kappa shape index (κ2) is 5.87. The zero-order valence-corrected chi connectivity index (χ0v) is 11.8. The zero-order valence-electron chi connectivity index (χ0n) is 9.63. The Morgan fingerprint density at radius 1 is 1.50 bits per heavy atom. The normalized spacial score (nSPS) is 19.8. The van der Waals surface area contributed by atoms with Gasteiger partial charge in [-0.2, -0.15) is 0 Å². The third kappa shape index (κ3) is 2.69. The van der Waals surface area contributed by atoms with Crippen molar-refractivity contribution in [3.05, 3.63) is 27.3 Å². The molecule has 16 heavy (non-hydrogen) atoms. The lowest BCUT2D eigenvalue weighted by molar-refractivity contribution is 0.313. The third-order valence-corrected chi connectivity index (χ3v) is 3.75. The van der Waals surface area contributed by atoms with Gasteiger partial charge in [0.15, 0.2) is 0 Å². The van der Waals surface area contributed by atoms with Gasteiger partial charge in [0.2, 0.25) is 0 Å². The van der Waals surface area contributed by atoms with Crippen molar-refractivity contribution in [2.24, 2.45) is 0 Å². The number of nitrogens with one attached hydrogen (secondary N) is 1. The van der Waals surface area contributed by atoms with Gasteiger partial charge >= 0.3 is 0 Å². The molecular formula is C13H18INO. The highest BCUT2D eigenvalue weighted by Gasteiger charge is 2.20. The minimum absolute atomic E-state index is 0.465. The molecule has 0 saturated heterocycles. The molecule has 2 nitrogen and oxygen atoms in total. The summed E-state index contributed by atoms with van der Waals surface area (Å²) >= 11 is 2.36. The molecule has 0 aliphatic carbocycles. The van der Waals surface area contributed by atoms with Gasteiger partial charge in [-0.05, 0) is 54.5 Å². The number of para-hydroxylation sites is 1. The van der Waals surface area contributed by atoms with Crippen LogP contribution in [0.4, 0.5) is 0 Å². The molecule has 0 saturated carbocycles. The lowest BCUT2D eigenvalue weighted by atomic mass is 10.0. The highest BCUT2D eigenvalue weighted by molar-refractivity contribution is 14.1. The van der Waals surface area contributed by atoms with Gasteiger partial charge in [-0.1, -0.05) is 19.1 Å². The molecule has 1 aromatic carbocycles. The van der Waals surface area contributed by atoms with E-state index >= 15 is 0 Å². The van der Waals surface area contributed by atoms with Crippen molar-refractivity contribution >= 4 is 22.6 Å². The molecule has 3 heteroatoms. The van der Waals surface area contributed by atoms with E-state index in [2.05, 4.69) is 53.0 Å². The minimum atomic E-state index is 0.465. The Bertz CT molecular complexity index is 354. The first kappa shape index (κ1) is 12.2. The molecule has 1 unspecified atom stereocenters. The van der Waals surface area contributed by atoms with E-state index in [4.69, 9.17) is 4.74 Å². The predicted octanol–water partition coefficient (Wildman–Crippen LogP) is 3.50. The molecule has 0 spiro atoms. The van der Waals surface area contributed by atoms with E-state index < -0.39 is 0 Å². The first-order valence-electron chi connectivity index (χ1n) is 5.97. The molecule has 0 bridgehead atoms. The summed E-state index contributed by atoms with van der Waals surface area (Å²) in [6.07, 6.45) is 3.48. The molecule has 0 fully saturated rings. The van der Waals surface area contributed by atoms with Crippen LogP contribution in [0, 0.1) is 3.57 Å². The zero-order chi connectivity index (χ0) is 11.4. The van der Waals surface area contributed by atoms with Crippen molar-refractivity contribution in [1.29, 1.82) is 0 Å². The van der Waals surface area contributed by atoms with Crippen LogP contribution in [-0.4, -0.2) is 13.2 Å². The van der Waals surface area contributed by atoms with E-state index in [-0.39, 0.29) is 0 Å². The third-order valence-electron chi connectivity index (χ3n) is 2.90. The number of benzene rings is 1. The summed E-state index contributed by atoms with van der Waals surface area (Å²) in [6, 6.07) is 6.89. The minimum Gasteiger partial charge on any atom is -0.492 e. The molecule has 88 valence electrons. The molecule has 2 rings (SSSR count). The molecule has 1 aliphatic heterocycles. The topological polar surface area (TPSA) is 21.3 Å². The van der Waals surface area contributed by atoms with Gasteiger partial charge in [-0.3, -0.25) is 0 Å². The smallest absolute Gasteiger partial charge is 0.137 e. The highest BCUT2D eigenvalue weighted by atomic mass is 127. The number of fused-ring (bicyclic) bond motifs is 1. The average Bonchev–Trinajstić information content (AvgIpc) is 2.50. The largest absolute Gasteiger partial charge is 0.492 e.